The van der Waals surface area contributed by atoms with Crippen LogP contribution >= 0.6 is 0 Å². The van der Waals surface area contributed by atoms with Crippen molar-refractivity contribution in [3.8, 4) is 0 Å². The smallest absolute Gasteiger partial charge is 0.239 e. The topological polar surface area (TPSA) is 32.3 Å². The molecule has 2 unspecified atom stereocenters. The summed E-state index contributed by atoms with van der Waals surface area (Å²) in [6, 6.07) is 0.558. The monoisotopic (exact) mass is 238 g/mol. The molecule has 17 heavy (non-hydrogen) atoms. The molecule has 0 aromatic carbocycles. The predicted octanol–water partition coefficient (Wildman–Crippen LogP) is 2.17. The van der Waals surface area contributed by atoms with Crippen LogP contribution in [0, 0.1) is 5.92 Å². The first-order valence-electron chi connectivity index (χ1n) is 7.20. The van der Waals surface area contributed by atoms with Crippen LogP contribution < -0.4 is 5.32 Å². The highest BCUT2D eigenvalue weighted by Gasteiger charge is 2.31. The van der Waals surface area contributed by atoms with Crippen molar-refractivity contribution < 1.29 is 4.79 Å². The molecule has 1 N–H and O–H groups in total. The summed E-state index contributed by atoms with van der Waals surface area (Å²) in [6.07, 6.45) is 8.51. The summed E-state index contributed by atoms with van der Waals surface area (Å²) in [5, 5.41) is 3.36. The van der Waals surface area contributed by atoms with Crippen molar-refractivity contribution >= 4 is 5.91 Å². The molecule has 2 rings (SSSR count). The SMILES string of the molecule is CC1CCCCC1N(C)C(=O)[C@@H]1CCCCN1. The van der Waals surface area contributed by atoms with Gasteiger partial charge in [0.05, 0.1) is 6.04 Å². The van der Waals surface area contributed by atoms with Crippen molar-refractivity contribution in [3.05, 3.63) is 0 Å². The quantitative estimate of drug-likeness (QED) is 0.799. The van der Waals surface area contributed by atoms with Gasteiger partial charge in [0, 0.05) is 13.1 Å². The second-order valence-electron chi connectivity index (χ2n) is 5.78. The molecule has 2 fully saturated rings. The minimum absolute atomic E-state index is 0.0860. The van der Waals surface area contributed by atoms with Crippen LogP contribution in [-0.2, 0) is 4.79 Å². The average molecular weight is 238 g/mol. The second kappa shape index (κ2) is 5.85. The van der Waals surface area contributed by atoms with Gasteiger partial charge in [0.15, 0.2) is 0 Å². The van der Waals surface area contributed by atoms with E-state index in [0.717, 1.165) is 13.0 Å². The fraction of sp³-hybridized carbons (Fsp3) is 0.929. The molecule has 1 saturated heterocycles. The van der Waals surface area contributed by atoms with Gasteiger partial charge in [0.2, 0.25) is 5.91 Å². The molecule has 0 aromatic rings. The Kier molecular flexibility index (Phi) is 4.43. The first-order valence-corrected chi connectivity index (χ1v) is 7.20. The van der Waals surface area contributed by atoms with Gasteiger partial charge < -0.3 is 10.2 Å². The third kappa shape index (κ3) is 3.01. The van der Waals surface area contributed by atoms with Crippen LogP contribution in [0.5, 0.6) is 0 Å². The molecule has 0 bridgehead atoms. The Balaban J connectivity index is 1.92. The lowest BCUT2D eigenvalue weighted by Crippen LogP contribution is -2.52. The summed E-state index contributed by atoms with van der Waals surface area (Å²) < 4.78 is 0. The van der Waals surface area contributed by atoms with E-state index in [4.69, 9.17) is 0 Å². The lowest BCUT2D eigenvalue weighted by Gasteiger charge is -2.38. The molecule has 1 heterocycles. The third-order valence-electron chi connectivity index (χ3n) is 4.52. The maximum atomic E-state index is 12.4. The van der Waals surface area contributed by atoms with Crippen LogP contribution in [0.1, 0.15) is 51.9 Å². The fourth-order valence-corrected chi connectivity index (χ4v) is 3.34. The van der Waals surface area contributed by atoms with Crippen LogP contribution in [-0.4, -0.2) is 36.5 Å². The number of carbonyl (C=O) groups excluding carboxylic acids is 1. The van der Waals surface area contributed by atoms with Gasteiger partial charge in [-0.1, -0.05) is 26.2 Å². The van der Waals surface area contributed by atoms with Crippen molar-refractivity contribution in [3.63, 3.8) is 0 Å². The normalized spacial score (nSPS) is 34.4. The van der Waals surface area contributed by atoms with E-state index in [1.165, 1.54) is 38.5 Å². The molecule has 2 aliphatic rings. The average Bonchev–Trinajstić information content (AvgIpc) is 2.39. The molecule has 3 atom stereocenters. The van der Waals surface area contributed by atoms with Crippen molar-refractivity contribution in [2.75, 3.05) is 13.6 Å². The third-order valence-corrected chi connectivity index (χ3v) is 4.52. The molecule has 1 saturated carbocycles. The number of hydrogen-bond acceptors (Lipinski definition) is 2. The number of hydrogen-bond donors (Lipinski definition) is 1. The number of likely N-dealkylation sites (N-methyl/N-ethyl adjacent to an activating group) is 1. The predicted molar refractivity (Wildman–Crippen MR) is 69.8 cm³/mol. The maximum absolute atomic E-state index is 12.4. The second-order valence-corrected chi connectivity index (χ2v) is 5.78. The molecule has 0 spiro atoms. The molecule has 98 valence electrons. The number of piperidine rings is 1. The van der Waals surface area contributed by atoms with Crippen molar-refractivity contribution in [2.45, 2.75) is 64.0 Å². The number of amides is 1. The van der Waals surface area contributed by atoms with E-state index < -0.39 is 0 Å². The van der Waals surface area contributed by atoms with Gasteiger partial charge in [0.25, 0.3) is 0 Å². The first kappa shape index (κ1) is 12.9. The van der Waals surface area contributed by atoms with E-state index in [1.807, 2.05) is 11.9 Å². The molecular formula is C14H26N2O. The van der Waals surface area contributed by atoms with Gasteiger partial charge in [-0.15, -0.1) is 0 Å². The van der Waals surface area contributed by atoms with Crippen LogP contribution in [0.2, 0.25) is 0 Å². The zero-order valence-corrected chi connectivity index (χ0v) is 11.2. The van der Waals surface area contributed by atoms with Gasteiger partial charge in [0.1, 0.15) is 0 Å². The van der Waals surface area contributed by atoms with Gasteiger partial charge in [-0.05, 0) is 38.1 Å². The van der Waals surface area contributed by atoms with Crippen LogP contribution in [0.25, 0.3) is 0 Å². The van der Waals surface area contributed by atoms with Crippen molar-refractivity contribution in [2.24, 2.45) is 5.92 Å². The van der Waals surface area contributed by atoms with Crippen molar-refractivity contribution in [1.29, 1.82) is 0 Å². The molecule has 1 amide bonds. The Morgan fingerprint density at radius 1 is 1.12 bits per heavy atom. The van der Waals surface area contributed by atoms with Crippen LogP contribution in [0.4, 0.5) is 0 Å². The summed E-state index contributed by atoms with van der Waals surface area (Å²) in [5.41, 5.74) is 0. The van der Waals surface area contributed by atoms with E-state index in [-0.39, 0.29) is 6.04 Å². The summed E-state index contributed by atoms with van der Waals surface area (Å²) >= 11 is 0. The van der Waals surface area contributed by atoms with Gasteiger partial charge in [-0.25, -0.2) is 0 Å². The Morgan fingerprint density at radius 3 is 2.47 bits per heavy atom. The van der Waals surface area contributed by atoms with E-state index in [2.05, 4.69) is 12.2 Å². The summed E-state index contributed by atoms with van der Waals surface area (Å²) in [5.74, 6) is 0.991. The molecular weight excluding hydrogens is 212 g/mol. The first-order chi connectivity index (χ1) is 8.20. The van der Waals surface area contributed by atoms with Gasteiger partial charge in [-0.2, -0.15) is 0 Å². The van der Waals surface area contributed by atoms with E-state index in [9.17, 15) is 4.79 Å². The highest BCUT2D eigenvalue weighted by Crippen LogP contribution is 2.28. The fourth-order valence-electron chi connectivity index (χ4n) is 3.34. The number of carbonyl (C=O) groups is 1. The Labute approximate surface area is 105 Å². The molecule has 3 nitrogen and oxygen atoms in total. The van der Waals surface area contributed by atoms with Gasteiger partial charge in [-0.3, -0.25) is 4.79 Å². The zero-order chi connectivity index (χ0) is 12.3. The van der Waals surface area contributed by atoms with E-state index in [1.54, 1.807) is 0 Å². The maximum Gasteiger partial charge on any atom is 0.239 e. The van der Waals surface area contributed by atoms with Crippen LogP contribution in [0.3, 0.4) is 0 Å². The minimum atomic E-state index is 0.0860. The zero-order valence-electron chi connectivity index (χ0n) is 11.2. The number of nitrogens with one attached hydrogen (secondary N) is 1. The minimum Gasteiger partial charge on any atom is -0.341 e. The standard InChI is InChI=1S/C14H26N2O/c1-11-7-3-4-9-13(11)16(2)14(17)12-8-5-6-10-15-12/h11-13,15H,3-10H2,1-2H3/t11?,12-,13?/m0/s1. The molecule has 1 aliphatic heterocycles. The Bertz CT molecular complexity index is 261. The molecule has 0 aromatic heterocycles. The summed E-state index contributed by atoms with van der Waals surface area (Å²) in [6.45, 7) is 3.30. The molecule has 1 aliphatic carbocycles. The lowest BCUT2D eigenvalue weighted by molar-refractivity contribution is -0.136. The Hall–Kier alpha value is -0.570. The van der Waals surface area contributed by atoms with Gasteiger partial charge >= 0.3 is 0 Å². The largest absolute Gasteiger partial charge is 0.341 e. The highest BCUT2D eigenvalue weighted by atomic mass is 16.2. The summed E-state index contributed by atoms with van der Waals surface area (Å²) in [4.78, 5) is 14.4. The van der Waals surface area contributed by atoms with Crippen molar-refractivity contribution in [1.82, 2.24) is 10.2 Å². The molecule has 3 heteroatoms. The number of rotatable bonds is 2. The van der Waals surface area contributed by atoms with E-state index in [0.29, 0.717) is 17.9 Å². The molecule has 0 radical (unpaired) electrons. The van der Waals surface area contributed by atoms with Crippen LogP contribution in [0.15, 0.2) is 0 Å². The lowest BCUT2D eigenvalue weighted by atomic mass is 9.84. The van der Waals surface area contributed by atoms with E-state index >= 15 is 0 Å². The highest BCUT2D eigenvalue weighted by molar-refractivity contribution is 5.82. The number of nitrogens with zero attached hydrogens (tertiary/aromatic N) is 1. The Morgan fingerprint density at radius 2 is 1.82 bits per heavy atom. The summed E-state index contributed by atoms with van der Waals surface area (Å²) in [7, 11) is 2.01.